The largest absolute Gasteiger partial charge is 0.369 e. The standard InChI is InChI=1S/C23H18N4OS/c1-27-21(28)23(26-22(27)25,18-8-10-20(29)11-9-18)19-7-3-6-17(13-19)16-5-2-4-15(12-16)14-24/h2-13,29H,1H3,(H2,25,26). The number of rotatable bonds is 3. The van der Waals surface area contributed by atoms with Gasteiger partial charge in [-0.05, 0) is 52.6 Å². The van der Waals surface area contributed by atoms with Crippen LogP contribution in [0.3, 0.4) is 0 Å². The van der Waals surface area contributed by atoms with Crippen molar-refractivity contribution < 1.29 is 4.79 Å². The second-order valence-corrected chi connectivity index (χ2v) is 7.38. The van der Waals surface area contributed by atoms with Crippen LogP contribution < -0.4 is 5.73 Å². The van der Waals surface area contributed by atoms with Gasteiger partial charge < -0.3 is 5.73 Å². The average molecular weight is 398 g/mol. The summed E-state index contributed by atoms with van der Waals surface area (Å²) in [7, 11) is 1.62. The van der Waals surface area contributed by atoms with E-state index < -0.39 is 5.54 Å². The Morgan fingerprint density at radius 1 is 1.00 bits per heavy atom. The van der Waals surface area contributed by atoms with E-state index in [2.05, 4.69) is 23.7 Å². The molecule has 0 aromatic heterocycles. The molecule has 0 fully saturated rings. The van der Waals surface area contributed by atoms with Gasteiger partial charge in [-0.2, -0.15) is 5.26 Å². The topological polar surface area (TPSA) is 82.5 Å². The van der Waals surface area contributed by atoms with Crippen LogP contribution >= 0.6 is 12.6 Å². The van der Waals surface area contributed by atoms with E-state index >= 15 is 0 Å². The molecule has 4 rings (SSSR count). The number of aliphatic imine (C=N–C) groups is 1. The fourth-order valence-corrected chi connectivity index (χ4v) is 3.73. The number of nitriles is 1. The minimum atomic E-state index is -1.26. The molecule has 0 radical (unpaired) electrons. The Kier molecular flexibility index (Phi) is 4.61. The van der Waals surface area contributed by atoms with Gasteiger partial charge in [0.2, 0.25) is 0 Å². The van der Waals surface area contributed by atoms with Crippen LogP contribution in [0.2, 0.25) is 0 Å². The summed E-state index contributed by atoms with van der Waals surface area (Å²) in [4.78, 5) is 20.1. The molecule has 6 heteroatoms. The van der Waals surface area contributed by atoms with Crippen molar-refractivity contribution >= 4 is 24.5 Å². The summed E-state index contributed by atoms with van der Waals surface area (Å²) in [6.07, 6.45) is 0. The first kappa shape index (κ1) is 18.8. The number of likely N-dealkylation sites (N-methyl/N-ethyl adjacent to an activating group) is 1. The molecule has 0 bridgehead atoms. The zero-order valence-electron chi connectivity index (χ0n) is 15.7. The van der Waals surface area contributed by atoms with Gasteiger partial charge in [0.05, 0.1) is 11.6 Å². The Labute approximate surface area is 174 Å². The van der Waals surface area contributed by atoms with Gasteiger partial charge in [0.25, 0.3) is 5.91 Å². The Balaban J connectivity index is 1.92. The highest BCUT2D eigenvalue weighted by atomic mass is 32.1. The fourth-order valence-electron chi connectivity index (χ4n) is 3.58. The Bertz CT molecular complexity index is 1180. The third-order valence-electron chi connectivity index (χ3n) is 5.13. The van der Waals surface area contributed by atoms with E-state index in [9.17, 15) is 10.1 Å². The first-order chi connectivity index (χ1) is 14.0. The van der Waals surface area contributed by atoms with E-state index in [1.165, 1.54) is 4.90 Å². The maximum Gasteiger partial charge on any atom is 0.266 e. The molecule has 1 heterocycles. The predicted octanol–water partition coefficient (Wildman–Crippen LogP) is 3.54. The summed E-state index contributed by atoms with van der Waals surface area (Å²) in [6, 6.07) is 24.5. The summed E-state index contributed by atoms with van der Waals surface area (Å²) < 4.78 is 0. The summed E-state index contributed by atoms with van der Waals surface area (Å²) in [5.41, 5.74) is 8.56. The first-order valence-corrected chi connectivity index (χ1v) is 9.44. The highest BCUT2D eigenvalue weighted by Gasteiger charge is 2.49. The van der Waals surface area contributed by atoms with Crippen molar-refractivity contribution in [3.8, 4) is 17.2 Å². The zero-order valence-corrected chi connectivity index (χ0v) is 16.6. The Morgan fingerprint density at radius 3 is 2.28 bits per heavy atom. The second kappa shape index (κ2) is 7.12. The van der Waals surface area contributed by atoms with Gasteiger partial charge in [-0.1, -0.05) is 42.5 Å². The molecular formula is C23H18N4OS. The maximum atomic E-state index is 13.3. The molecular weight excluding hydrogens is 380 g/mol. The number of hydrogen-bond donors (Lipinski definition) is 2. The van der Waals surface area contributed by atoms with Crippen LogP contribution in [0.15, 0.2) is 82.7 Å². The van der Waals surface area contributed by atoms with E-state index in [1.807, 2.05) is 66.7 Å². The monoisotopic (exact) mass is 398 g/mol. The van der Waals surface area contributed by atoms with Crippen LogP contribution in [-0.4, -0.2) is 23.8 Å². The number of guanidine groups is 1. The van der Waals surface area contributed by atoms with Crippen LogP contribution in [0.5, 0.6) is 0 Å². The van der Waals surface area contributed by atoms with Crippen molar-refractivity contribution in [1.29, 1.82) is 5.26 Å². The molecule has 29 heavy (non-hydrogen) atoms. The lowest BCUT2D eigenvalue weighted by molar-refractivity contribution is -0.129. The van der Waals surface area contributed by atoms with Crippen molar-refractivity contribution in [2.75, 3.05) is 7.05 Å². The lowest BCUT2D eigenvalue weighted by Crippen LogP contribution is -2.41. The van der Waals surface area contributed by atoms with E-state index in [1.54, 1.807) is 13.1 Å². The van der Waals surface area contributed by atoms with Crippen LogP contribution in [0.25, 0.3) is 11.1 Å². The molecule has 142 valence electrons. The molecule has 1 amide bonds. The van der Waals surface area contributed by atoms with Crippen LogP contribution in [0, 0.1) is 11.3 Å². The summed E-state index contributed by atoms with van der Waals surface area (Å²) in [6.45, 7) is 0. The molecule has 1 unspecified atom stereocenters. The van der Waals surface area contributed by atoms with Gasteiger partial charge in [-0.15, -0.1) is 12.6 Å². The summed E-state index contributed by atoms with van der Waals surface area (Å²) >= 11 is 4.35. The lowest BCUT2D eigenvalue weighted by atomic mass is 9.81. The highest BCUT2D eigenvalue weighted by Crippen LogP contribution is 2.40. The summed E-state index contributed by atoms with van der Waals surface area (Å²) in [5.74, 6) is -0.0494. The molecule has 3 aromatic rings. The van der Waals surface area contributed by atoms with E-state index in [4.69, 9.17) is 5.73 Å². The normalized spacial score (nSPS) is 18.4. The fraction of sp³-hybridized carbons (Fsp3) is 0.0870. The highest BCUT2D eigenvalue weighted by molar-refractivity contribution is 7.80. The minimum Gasteiger partial charge on any atom is -0.369 e. The molecule has 1 atom stereocenters. The first-order valence-electron chi connectivity index (χ1n) is 9.00. The number of nitrogens with two attached hydrogens (primary N) is 1. The van der Waals surface area contributed by atoms with Gasteiger partial charge in [0, 0.05) is 11.9 Å². The lowest BCUT2D eigenvalue weighted by Gasteiger charge is -2.26. The average Bonchev–Trinajstić information content (AvgIpc) is 2.99. The Hall–Kier alpha value is -3.56. The number of amides is 1. The van der Waals surface area contributed by atoms with Crippen molar-refractivity contribution in [2.45, 2.75) is 10.4 Å². The number of carbonyl (C=O) groups is 1. The van der Waals surface area contributed by atoms with E-state index in [-0.39, 0.29) is 11.9 Å². The van der Waals surface area contributed by atoms with Crippen molar-refractivity contribution in [1.82, 2.24) is 4.90 Å². The zero-order chi connectivity index (χ0) is 20.6. The summed E-state index contributed by atoms with van der Waals surface area (Å²) in [5, 5.41) is 9.20. The predicted molar refractivity (Wildman–Crippen MR) is 115 cm³/mol. The third-order valence-corrected chi connectivity index (χ3v) is 5.43. The van der Waals surface area contributed by atoms with Crippen molar-refractivity contribution in [3.05, 3.63) is 89.5 Å². The molecule has 0 spiro atoms. The molecule has 2 N–H and O–H groups in total. The molecule has 5 nitrogen and oxygen atoms in total. The Morgan fingerprint density at radius 2 is 1.66 bits per heavy atom. The van der Waals surface area contributed by atoms with Gasteiger partial charge in [0.1, 0.15) is 0 Å². The number of benzene rings is 3. The number of hydrogen-bond acceptors (Lipinski definition) is 5. The van der Waals surface area contributed by atoms with Crippen molar-refractivity contribution in [3.63, 3.8) is 0 Å². The number of thiol groups is 1. The van der Waals surface area contributed by atoms with E-state index in [0.29, 0.717) is 11.1 Å². The maximum absolute atomic E-state index is 13.3. The third kappa shape index (κ3) is 3.06. The van der Waals surface area contributed by atoms with Crippen molar-refractivity contribution in [2.24, 2.45) is 10.7 Å². The van der Waals surface area contributed by atoms with Gasteiger partial charge in [-0.3, -0.25) is 9.69 Å². The minimum absolute atomic E-state index is 0.168. The molecule has 0 saturated heterocycles. The number of nitrogens with zero attached hydrogens (tertiary/aromatic N) is 3. The second-order valence-electron chi connectivity index (χ2n) is 6.86. The smallest absolute Gasteiger partial charge is 0.266 e. The van der Waals surface area contributed by atoms with Crippen LogP contribution in [-0.2, 0) is 10.3 Å². The molecule has 3 aromatic carbocycles. The van der Waals surface area contributed by atoms with Gasteiger partial charge in [-0.25, -0.2) is 4.99 Å². The SMILES string of the molecule is CN1C(=O)C(c2ccc(S)cc2)(c2cccc(-c3cccc(C#N)c3)c2)N=C1N. The molecule has 0 saturated carbocycles. The van der Waals surface area contributed by atoms with Crippen LogP contribution in [0.4, 0.5) is 0 Å². The molecule has 1 aliphatic rings. The molecule has 1 aliphatic heterocycles. The van der Waals surface area contributed by atoms with E-state index in [0.717, 1.165) is 21.6 Å². The van der Waals surface area contributed by atoms with Gasteiger partial charge in [0.15, 0.2) is 11.5 Å². The van der Waals surface area contributed by atoms with Gasteiger partial charge >= 0.3 is 0 Å². The quantitative estimate of drug-likeness (QED) is 0.662. The molecule has 0 aliphatic carbocycles. The number of carbonyl (C=O) groups excluding carboxylic acids is 1. The van der Waals surface area contributed by atoms with Crippen LogP contribution in [0.1, 0.15) is 16.7 Å².